The summed E-state index contributed by atoms with van der Waals surface area (Å²) in [6.07, 6.45) is 7.79. The van der Waals surface area contributed by atoms with Crippen LogP contribution in [0.5, 0.6) is 5.75 Å². The number of carbonyl (C=O) groups excluding carboxylic acids is 1. The number of hydrogen-bond donors (Lipinski definition) is 0. The van der Waals surface area contributed by atoms with Crippen LogP contribution in [-0.4, -0.2) is 5.97 Å². The number of esters is 1. The van der Waals surface area contributed by atoms with E-state index in [1.165, 1.54) is 31.4 Å². The molecule has 0 aliphatic heterocycles. The van der Waals surface area contributed by atoms with Gasteiger partial charge in [0.15, 0.2) is 0 Å². The van der Waals surface area contributed by atoms with E-state index in [1.54, 1.807) is 0 Å². The molecule has 2 aromatic rings. The van der Waals surface area contributed by atoms with Gasteiger partial charge in [0.1, 0.15) is 28.8 Å². The maximum Gasteiger partial charge on any atom is 0.422 e. The highest BCUT2D eigenvalue weighted by Crippen LogP contribution is 2.48. The molecule has 4 rings (SSSR count). The van der Waals surface area contributed by atoms with Gasteiger partial charge in [0.05, 0.1) is 5.56 Å². The van der Waals surface area contributed by atoms with Gasteiger partial charge in [-0.3, -0.25) is 0 Å². The molecular formula is C29H30F6O2. The fourth-order valence-corrected chi connectivity index (χ4v) is 6.06. The number of hydrogen-bond acceptors (Lipinski definition) is 2. The Balaban J connectivity index is 1.39. The van der Waals surface area contributed by atoms with Crippen molar-refractivity contribution in [1.82, 2.24) is 0 Å². The van der Waals surface area contributed by atoms with Gasteiger partial charge < -0.3 is 4.74 Å². The SMILES string of the molecule is C/C=C/CCC1CCC2CC(c3ccc(C(=O)Oc4cc(F)c(C(F)(F)F)c(F)c4)cc3F)CCC2C1. The van der Waals surface area contributed by atoms with Crippen LogP contribution in [0.3, 0.4) is 0 Å². The van der Waals surface area contributed by atoms with E-state index in [2.05, 4.69) is 12.2 Å². The molecule has 0 amide bonds. The van der Waals surface area contributed by atoms with Crippen molar-refractivity contribution in [3.63, 3.8) is 0 Å². The van der Waals surface area contributed by atoms with Crippen LogP contribution in [-0.2, 0) is 6.18 Å². The van der Waals surface area contributed by atoms with Crippen molar-refractivity contribution < 1.29 is 35.9 Å². The van der Waals surface area contributed by atoms with Gasteiger partial charge in [-0.05, 0) is 93.2 Å². The first kappa shape index (κ1) is 27.3. The molecule has 2 saturated carbocycles. The Morgan fingerprint density at radius 2 is 1.62 bits per heavy atom. The van der Waals surface area contributed by atoms with Gasteiger partial charge in [-0.2, -0.15) is 13.2 Å². The lowest BCUT2D eigenvalue weighted by molar-refractivity contribution is -0.142. The molecule has 200 valence electrons. The second-order valence-corrected chi connectivity index (χ2v) is 10.2. The normalized spacial score (nSPS) is 24.2. The maximum atomic E-state index is 15.0. The molecule has 0 spiro atoms. The van der Waals surface area contributed by atoms with Gasteiger partial charge in [-0.25, -0.2) is 18.0 Å². The predicted molar refractivity (Wildman–Crippen MR) is 128 cm³/mol. The number of halogens is 6. The van der Waals surface area contributed by atoms with Crippen molar-refractivity contribution in [2.75, 3.05) is 0 Å². The Labute approximate surface area is 212 Å². The van der Waals surface area contributed by atoms with Crippen molar-refractivity contribution in [1.29, 1.82) is 0 Å². The molecule has 2 aliphatic carbocycles. The molecule has 37 heavy (non-hydrogen) atoms. The molecule has 4 atom stereocenters. The lowest BCUT2D eigenvalue weighted by atomic mass is 9.63. The minimum absolute atomic E-state index is 0.0454. The van der Waals surface area contributed by atoms with Gasteiger partial charge in [-0.1, -0.05) is 24.6 Å². The minimum atomic E-state index is -5.24. The van der Waals surface area contributed by atoms with E-state index >= 15 is 4.39 Å². The first-order chi connectivity index (χ1) is 17.6. The third-order valence-electron chi connectivity index (χ3n) is 7.88. The summed E-state index contributed by atoms with van der Waals surface area (Å²) in [6, 6.07) is 4.48. The summed E-state index contributed by atoms with van der Waals surface area (Å²) in [5.74, 6) is -4.21. The van der Waals surface area contributed by atoms with E-state index in [9.17, 15) is 26.7 Å². The van der Waals surface area contributed by atoms with Crippen molar-refractivity contribution in [3.05, 3.63) is 76.6 Å². The molecule has 0 bridgehead atoms. The molecule has 2 fully saturated rings. The van der Waals surface area contributed by atoms with E-state index in [0.29, 0.717) is 17.4 Å². The second kappa shape index (κ2) is 11.3. The molecule has 0 radical (unpaired) electrons. The summed E-state index contributed by atoms with van der Waals surface area (Å²) in [7, 11) is 0. The van der Waals surface area contributed by atoms with Crippen molar-refractivity contribution >= 4 is 5.97 Å². The summed E-state index contributed by atoms with van der Waals surface area (Å²) < 4.78 is 85.6. The third kappa shape index (κ3) is 6.39. The van der Waals surface area contributed by atoms with Gasteiger partial charge in [0, 0.05) is 12.1 Å². The summed E-state index contributed by atoms with van der Waals surface area (Å²) >= 11 is 0. The van der Waals surface area contributed by atoms with Gasteiger partial charge >= 0.3 is 12.1 Å². The number of alkyl halides is 3. The highest BCUT2D eigenvalue weighted by atomic mass is 19.4. The summed E-state index contributed by atoms with van der Waals surface area (Å²) in [4.78, 5) is 12.4. The van der Waals surface area contributed by atoms with Crippen molar-refractivity contribution in [2.24, 2.45) is 17.8 Å². The molecule has 4 unspecified atom stereocenters. The average Bonchev–Trinajstić information content (AvgIpc) is 2.82. The smallest absolute Gasteiger partial charge is 0.422 e. The Bertz CT molecular complexity index is 1130. The minimum Gasteiger partial charge on any atom is -0.423 e. The van der Waals surface area contributed by atoms with Crippen LogP contribution in [0.1, 0.15) is 85.7 Å². The number of fused-ring (bicyclic) bond motifs is 1. The van der Waals surface area contributed by atoms with Gasteiger partial charge in [-0.15, -0.1) is 0 Å². The van der Waals surface area contributed by atoms with Crippen LogP contribution in [0.4, 0.5) is 26.3 Å². The lowest BCUT2D eigenvalue weighted by Crippen LogP contribution is -2.30. The Kier molecular flexibility index (Phi) is 8.34. The number of benzene rings is 2. The predicted octanol–water partition coefficient (Wildman–Crippen LogP) is 9.00. The van der Waals surface area contributed by atoms with Crippen LogP contribution >= 0.6 is 0 Å². The van der Waals surface area contributed by atoms with E-state index in [4.69, 9.17) is 4.74 Å². The maximum absolute atomic E-state index is 15.0. The molecule has 2 nitrogen and oxygen atoms in total. The fraction of sp³-hybridized carbons (Fsp3) is 0.483. The highest BCUT2D eigenvalue weighted by molar-refractivity contribution is 5.91. The van der Waals surface area contributed by atoms with Gasteiger partial charge in [0.2, 0.25) is 0 Å². The molecule has 0 aromatic heterocycles. The summed E-state index contributed by atoms with van der Waals surface area (Å²) in [6.45, 7) is 2.04. The second-order valence-electron chi connectivity index (χ2n) is 10.2. The molecular weight excluding hydrogens is 494 g/mol. The largest absolute Gasteiger partial charge is 0.423 e. The summed E-state index contributed by atoms with van der Waals surface area (Å²) in [5.41, 5.74) is -1.74. The van der Waals surface area contributed by atoms with Crippen molar-refractivity contribution in [3.8, 4) is 5.75 Å². The summed E-state index contributed by atoms with van der Waals surface area (Å²) in [5, 5.41) is 0. The van der Waals surface area contributed by atoms with Crippen LogP contribution in [0.25, 0.3) is 0 Å². The van der Waals surface area contributed by atoms with Crippen molar-refractivity contribution in [2.45, 2.75) is 70.4 Å². The van der Waals surface area contributed by atoms with E-state index < -0.39 is 40.9 Å². The Hall–Kier alpha value is -2.77. The number of ether oxygens (including phenoxy) is 1. The number of rotatable bonds is 6. The first-order valence-electron chi connectivity index (χ1n) is 12.8. The van der Waals surface area contributed by atoms with Crippen LogP contribution in [0, 0.1) is 35.2 Å². The van der Waals surface area contributed by atoms with Crippen LogP contribution in [0.2, 0.25) is 0 Å². The fourth-order valence-electron chi connectivity index (χ4n) is 6.06. The van der Waals surface area contributed by atoms with E-state index in [1.807, 2.05) is 6.92 Å². The molecule has 8 heteroatoms. The Morgan fingerprint density at radius 1 is 0.946 bits per heavy atom. The first-order valence-corrected chi connectivity index (χ1v) is 12.8. The quantitative estimate of drug-likeness (QED) is 0.163. The molecule has 2 aromatic carbocycles. The molecule has 0 saturated heterocycles. The zero-order valence-corrected chi connectivity index (χ0v) is 20.6. The highest BCUT2D eigenvalue weighted by Gasteiger charge is 2.39. The molecule has 0 N–H and O–H groups in total. The van der Waals surface area contributed by atoms with E-state index in [0.717, 1.165) is 44.1 Å². The number of allylic oxidation sites excluding steroid dienone is 2. The van der Waals surface area contributed by atoms with Crippen LogP contribution in [0.15, 0.2) is 42.5 Å². The zero-order valence-electron chi connectivity index (χ0n) is 20.6. The Morgan fingerprint density at radius 3 is 2.27 bits per heavy atom. The molecule has 2 aliphatic rings. The lowest BCUT2D eigenvalue weighted by Gasteiger charge is -2.42. The topological polar surface area (TPSA) is 26.3 Å². The van der Waals surface area contributed by atoms with Crippen LogP contribution < -0.4 is 4.74 Å². The third-order valence-corrected chi connectivity index (χ3v) is 7.88. The zero-order chi connectivity index (χ0) is 26.7. The van der Waals surface area contributed by atoms with E-state index in [-0.39, 0.29) is 23.6 Å². The van der Waals surface area contributed by atoms with Gasteiger partial charge in [0.25, 0.3) is 0 Å². The standard InChI is InChI=1S/C29H30F6O2/c1-2-3-4-5-17-6-7-19-13-20(9-8-18(19)12-17)23-11-10-21(14-24(23)30)28(36)37-22-15-25(31)27(26(32)16-22)29(33,34)35/h2-3,10-11,14-20H,4-9,12-13H2,1H3/b3-2+. The number of carbonyl (C=O) groups is 1. The average molecular weight is 525 g/mol. The molecule has 0 heterocycles. The monoisotopic (exact) mass is 524 g/mol.